The van der Waals surface area contributed by atoms with E-state index in [0.29, 0.717) is 11.3 Å². The lowest BCUT2D eigenvalue weighted by Gasteiger charge is -2.22. The number of furan rings is 1. The van der Waals surface area contributed by atoms with Gasteiger partial charge in [0.15, 0.2) is 0 Å². The van der Waals surface area contributed by atoms with Crippen LogP contribution in [0.4, 0.5) is 13.2 Å². The summed E-state index contributed by atoms with van der Waals surface area (Å²) in [6.45, 7) is -0.485. The molecule has 21 heavy (non-hydrogen) atoms. The number of nitrogens with zero attached hydrogens (tertiary/aromatic N) is 1. The van der Waals surface area contributed by atoms with Gasteiger partial charge in [0.2, 0.25) is 0 Å². The standard InChI is InChI=1S/C15H17F3N2O/c16-15(17,18)9-20(10-5-6-10)8-14-12(7-19)11-3-1-2-4-13(11)21-14/h1-4,10H,5-9,19H2. The smallest absolute Gasteiger partial charge is 0.401 e. The first-order chi connectivity index (χ1) is 9.98. The highest BCUT2D eigenvalue weighted by molar-refractivity contribution is 5.82. The Morgan fingerprint density at radius 3 is 2.57 bits per heavy atom. The van der Waals surface area contributed by atoms with Crippen molar-refractivity contribution in [1.29, 1.82) is 0 Å². The van der Waals surface area contributed by atoms with Gasteiger partial charge in [0.1, 0.15) is 11.3 Å². The largest absolute Gasteiger partial charge is 0.459 e. The molecule has 1 aliphatic rings. The summed E-state index contributed by atoms with van der Waals surface area (Å²) in [6, 6.07) is 7.41. The summed E-state index contributed by atoms with van der Waals surface area (Å²) in [7, 11) is 0. The van der Waals surface area contributed by atoms with Gasteiger partial charge in [-0.3, -0.25) is 4.90 Å². The number of hydrogen-bond donors (Lipinski definition) is 1. The second-order valence-corrected chi connectivity index (χ2v) is 5.46. The van der Waals surface area contributed by atoms with E-state index in [-0.39, 0.29) is 19.1 Å². The Kier molecular flexibility index (Phi) is 3.67. The fourth-order valence-corrected chi connectivity index (χ4v) is 2.67. The van der Waals surface area contributed by atoms with Gasteiger partial charge in [-0.1, -0.05) is 18.2 Å². The molecule has 1 fully saturated rings. The van der Waals surface area contributed by atoms with Gasteiger partial charge < -0.3 is 10.2 Å². The van der Waals surface area contributed by atoms with Gasteiger partial charge >= 0.3 is 6.18 Å². The van der Waals surface area contributed by atoms with Crippen molar-refractivity contribution in [2.75, 3.05) is 6.54 Å². The number of nitrogens with two attached hydrogens (primary N) is 1. The summed E-state index contributed by atoms with van der Waals surface area (Å²) in [4.78, 5) is 1.44. The number of benzene rings is 1. The van der Waals surface area contributed by atoms with E-state index in [0.717, 1.165) is 23.8 Å². The molecule has 0 aliphatic heterocycles. The van der Waals surface area contributed by atoms with Crippen LogP contribution < -0.4 is 5.73 Å². The van der Waals surface area contributed by atoms with Crippen LogP contribution in [0.2, 0.25) is 0 Å². The Morgan fingerprint density at radius 2 is 1.95 bits per heavy atom. The molecule has 1 heterocycles. The first-order valence-corrected chi connectivity index (χ1v) is 6.98. The van der Waals surface area contributed by atoms with Crippen molar-refractivity contribution in [3.63, 3.8) is 0 Å². The van der Waals surface area contributed by atoms with Crippen molar-refractivity contribution in [3.8, 4) is 0 Å². The molecule has 3 nitrogen and oxygen atoms in total. The lowest BCUT2D eigenvalue weighted by atomic mass is 10.1. The highest BCUT2D eigenvalue weighted by atomic mass is 19.4. The molecule has 114 valence electrons. The third kappa shape index (κ3) is 3.22. The summed E-state index contributed by atoms with van der Waals surface area (Å²) in [6.07, 6.45) is -2.57. The van der Waals surface area contributed by atoms with E-state index in [1.807, 2.05) is 24.3 Å². The van der Waals surface area contributed by atoms with Gasteiger partial charge in [-0.2, -0.15) is 13.2 Å². The molecular weight excluding hydrogens is 281 g/mol. The maximum atomic E-state index is 12.7. The van der Waals surface area contributed by atoms with Gasteiger partial charge in [-0.05, 0) is 18.9 Å². The molecular formula is C15H17F3N2O. The molecule has 0 amide bonds. The van der Waals surface area contributed by atoms with E-state index in [1.54, 1.807) is 0 Å². The summed E-state index contributed by atoms with van der Waals surface area (Å²) < 4.78 is 43.8. The zero-order valence-electron chi connectivity index (χ0n) is 11.5. The molecule has 1 aromatic carbocycles. The normalized spacial score (nSPS) is 16.0. The SMILES string of the molecule is NCc1c(CN(CC(F)(F)F)C2CC2)oc2ccccc12. The fourth-order valence-electron chi connectivity index (χ4n) is 2.67. The first-order valence-electron chi connectivity index (χ1n) is 6.98. The Morgan fingerprint density at radius 1 is 1.24 bits per heavy atom. The Hall–Kier alpha value is -1.53. The zero-order chi connectivity index (χ0) is 15.0. The average Bonchev–Trinajstić information content (AvgIpc) is 3.18. The van der Waals surface area contributed by atoms with Crippen LogP contribution >= 0.6 is 0 Å². The molecule has 0 spiro atoms. The monoisotopic (exact) mass is 298 g/mol. The lowest BCUT2D eigenvalue weighted by Crippen LogP contribution is -2.35. The van der Waals surface area contributed by atoms with Crippen LogP contribution in [0.25, 0.3) is 11.0 Å². The van der Waals surface area contributed by atoms with Crippen molar-refractivity contribution in [1.82, 2.24) is 4.90 Å². The van der Waals surface area contributed by atoms with Gasteiger partial charge in [-0.25, -0.2) is 0 Å². The molecule has 0 bridgehead atoms. The highest BCUT2D eigenvalue weighted by Crippen LogP contribution is 2.34. The van der Waals surface area contributed by atoms with E-state index in [2.05, 4.69) is 0 Å². The fraction of sp³-hybridized carbons (Fsp3) is 0.467. The molecule has 1 aliphatic carbocycles. The van der Waals surface area contributed by atoms with E-state index in [1.165, 1.54) is 4.90 Å². The Labute approximate surface area is 120 Å². The van der Waals surface area contributed by atoms with E-state index >= 15 is 0 Å². The van der Waals surface area contributed by atoms with Crippen molar-refractivity contribution in [2.45, 2.75) is 38.1 Å². The summed E-state index contributed by atoms with van der Waals surface area (Å²) in [5.74, 6) is 0.551. The summed E-state index contributed by atoms with van der Waals surface area (Å²) >= 11 is 0. The Balaban J connectivity index is 1.88. The Bertz CT molecular complexity index is 631. The molecule has 1 aromatic heterocycles. The van der Waals surface area contributed by atoms with Gasteiger partial charge in [0, 0.05) is 23.5 Å². The maximum Gasteiger partial charge on any atom is 0.401 e. The van der Waals surface area contributed by atoms with Crippen molar-refractivity contribution in [2.24, 2.45) is 5.73 Å². The quantitative estimate of drug-likeness (QED) is 0.919. The maximum absolute atomic E-state index is 12.7. The number of fused-ring (bicyclic) bond motifs is 1. The predicted molar refractivity (Wildman–Crippen MR) is 73.6 cm³/mol. The van der Waals surface area contributed by atoms with Crippen LogP contribution in [-0.2, 0) is 13.1 Å². The summed E-state index contributed by atoms with van der Waals surface area (Å²) in [5, 5.41) is 0.887. The van der Waals surface area contributed by atoms with Crippen LogP contribution in [0, 0.1) is 0 Å². The second kappa shape index (κ2) is 5.35. The minimum atomic E-state index is -4.20. The number of rotatable bonds is 5. The molecule has 1 saturated carbocycles. The molecule has 0 saturated heterocycles. The molecule has 3 rings (SSSR count). The van der Waals surface area contributed by atoms with Crippen LogP contribution in [0.3, 0.4) is 0 Å². The minimum absolute atomic E-state index is 0.00506. The van der Waals surface area contributed by atoms with Crippen LogP contribution in [0.15, 0.2) is 28.7 Å². The topological polar surface area (TPSA) is 42.4 Å². The predicted octanol–water partition coefficient (Wildman–Crippen LogP) is 3.42. The molecule has 2 aromatic rings. The van der Waals surface area contributed by atoms with E-state index < -0.39 is 12.7 Å². The summed E-state index contributed by atoms with van der Waals surface area (Å²) in [5.41, 5.74) is 7.24. The van der Waals surface area contributed by atoms with Crippen molar-refractivity contribution < 1.29 is 17.6 Å². The van der Waals surface area contributed by atoms with Gasteiger partial charge in [-0.15, -0.1) is 0 Å². The molecule has 2 N–H and O–H groups in total. The number of para-hydroxylation sites is 1. The van der Waals surface area contributed by atoms with E-state index in [4.69, 9.17) is 10.2 Å². The highest BCUT2D eigenvalue weighted by Gasteiger charge is 2.38. The van der Waals surface area contributed by atoms with Gasteiger partial charge in [0.25, 0.3) is 0 Å². The van der Waals surface area contributed by atoms with E-state index in [9.17, 15) is 13.2 Å². The zero-order valence-corrected chi connectivity index (χ0v) is 11.5. The third-order valence-corrected chi connectivity index (χ3v) is 3.78. The van der Waals surface area contributed by atoms with Crippen LogP contribution in [-0.4, -0.2) is 23.7 Å². The molecule has 0 atom stereocenters. The van der Waals surface area contributed by atoms with Crippen molar-refractivity contribution >= 4 is 11.0 Å². The van der Waals surface area contributed by atoms with Crippen LogP contribution in [0.1, 0.15) is 24.2 Å². The molecule has 0 unspecified atom stereocenters. The first kappa shape index (κ1) is 14.4. The van der Waals surface area contributed by atoms with Crippen molar-refractivity contribution in [3.05, 3.63) is 35.6 Å². The molecule has 0 radical (unpaired) electrons. The average molecular weight is 298 g/mol. The van der Waals surface area contributed by atoms with Crippen LogP contribution in [0.5, 0.6) is 0 Å². The number of alkyl halides is 3. The number of hydrogen-bond acceptors (Lipinski definition) is 3. The molecule has 6 heteroatoms. The minimum Gasteiger partial charge on any atom is -0.459 e. The number of halogens is 3. The third-order valence-electron chi connectivity index (χ3n) is 3.78. The van der Waals surface area contributed by atoms with Gasteiger partial charge in [0.05, 0.1) is 13.1 Å². The lowest BCUT2D eigenvalue weighted by molar-refractivity contribution is -0.148. The second-order valence-electron chi connectivity index (χ2n) is 5.46.